The molecular weight excluding hydrogens is 974 g/mol. The zero-order valence-corrected chi connectivity index (χ0v) is 19.0. The first-order chi connectivity index (χ1) is 3.46. The van der Waals surface area contributed by atoms with E-state index in [0.29, 0.717) is 0 Å². The van der Waals surface area contributed by atoms with Gasteiger partial charge in [-0.25, -0.2) is 0 Å². The van der Waals surface area contributed by atoms with E-state index in [0.717, 1.165) is 0 Å². The molecule has 0 heterocycles. The third kappa shape index (κ3) is 41.2. The summed E-state index contributed by atoms with van der Waals surface area (Å²) in [5.41, 5.74) is 0. The van der Waals surface area contributed by atoms with Gasteiger partial charge in [0, 0.05) is 0 Å². The standard InChI is InChI=1S/6HI.2Pd/h6*1H;;/q;;;;;;2*+3/p-6. The second-order valence-corrected chi connectivity index (χ2v) is 72.2. The summed E-state index contributed by atoms with van der Waals surface area (Å²) in [7, 11) is 0. The quantitative estimate of drug-likeness (QED) is 0.229. The van der Waals surface area contributed by atoms with Gasteiger partial charge in [-0.3, -0.25) is 0 Å². The van der Waals surface area contributed by atoms with E-state index < -0.39 is 0 Å². The minimum absolute atomic E-state index is 0.0733. The van der Waals surface area contributed by atoms with Crippen LogP contribution in [-0.2, 0) is 11.8 Å². The van der Waals surface area contributed by atoms with Crippen molar-refractivity contribution in [1.82, 2.24) is 0 Å². The van der Waals surface area contributed by atoms with E-state index in [9.17, 15) is 0 Å². The van der Waals surface area contributed by atoms with Gasteiger partial charge in [0.25, 0.3) is 0 Å². The van der Waals surface area contributed by atoms with E-state index in [2.05, 4.69) is 117 Å². The van der Waals surface area contributed by atoms with Gasteiger partial charge in [-0.2, -0.15) is 0 Å². The van der Waals surface area contributed by atoms with Crippen LogP contribution in [0, 0.1) is 0 Å². The van der Waals surface area contributed by atoms with Crippen LogP contribution in [0.15, 0.2) is 0 Å². The number of hydrogen-bond acceptors (Lipinski definition) is 0. The Morgan fingerprint density at radius 1 is 0.500 bits per heavy atom. The summed E-state index contributed by atoms with van der Waals surface area (Å²) < 4.78 is 0. The van der Waals surface area contributed by atoms with Crippen LogP contribution in [0.3, 0.4) is 0 Å². The Hall–Kier alpha value is 5.70. The fraction of sp³-hybridized carbons (Fsp3) is 0. The summed E-state index contributed by atoms with van der Waals surface area (Å²) in [6, 6.07) is 0. The molecule has 0 aliphatic heterocycles. The van der Waals surface area contributed by atoms with Crippen molar-refractivity contribution in [1.29, 1.82) is 0 Å². The molecule has 0 nitrogen and oxygen atoms in total. The van der Waals surface area contributed by atoms with E-state index in [1.807, 2.05) is 0 Å². The molecule has 0 bridgehead atoms. The first kappa shape index (κ1) is 16.1. The fourth-order valence-corrected chi connectivity index (χ4v) is 0. The SMILES string of the molecule is [I][Pd]([I])[I].[I][Pd]([I])[I]. The first-order valence-electron chi connectivity index (χ1n) is 0.717. The Balaban J connectivity index is 0. The summed E-state index contributed by atoms with van der Waals surface area (Å²) in [5.74, 6) is -0.147. The summed E-state index contributed by atoms with van der Waals surface area (Å²) in [4.78, 5) is 0. The molecule has 0 aromatic heterocycles. The van der Waals surface area contributed by atoms with Gasteiger partial charge in [0.15, 0.2) is 0 Å². The van der Waals surface area contributed by atoms with Crippen molar-refractivity contribution in [2.24, 2.45) is 0 Å². The van der Waals surface area contributed by atoms with Crippen LogP contribution in [0.4, 0.5) is 0 Å². The maximum atomic E-state index is 2.43. The summed E-state index contributed by atoms with van der Waals surface area (Å²) in [6.07, 6.45) is 0. The number of halogens is 6. The molecule has 0 aliphatic rings. The molecule has 0 aromatic carbocycles. The van der Waals surface area contributed by atoms with Gasteiger partial charge in [0.2, 0.25) is 0 Å². The Kier molecular flexibility index (Phi) is 25.6. The van der Waals surface area contributed by atoms with E-state index in [-0.39, 0.29) is 11.8 Å². The average molecular weight is 974 g/mol. The van der Waals surface area contributed by atoms with Gasteiger partial charge >= 0.3 is 129 Å². The van der Waals surface area contributed by atoms with Gasteiger partial charge in [0.05, 0.1) is 0 Å². The van der Waals surface area contributed by atoms with E-state index in [4.69, 9.17) is 0 Å². The maximum absolute atomic E-state index is 2.43. The molecular formula is I6Pd2. The molecule has 0 unspecified atom stereocenters. The summed E-state index contributed by atoms with van der Waals surface area (Å²) in [6.45, 7) is 0. The van der Waals surface area contributed by atoms with Gasteiger partial charge < -0.3 is 0 Å². The molecule has 8 heavy (non-hydrogen) atoms. The molecule has 0 spiro atoms. The van der Waals surface area contributed by atoms with Crippen LogP contribution in [0.5, 0.6) is 0 Å². The fourth-order valence-electron chi connectivity index (χ4n) is 0. The van der Waals surface area contributed by atoms with Crippen LogP contribution in [0.25, 0.3) is 0 Å². The molecule has 8 heteroatoms. The number of hydrogen-bond donors (Lipinski definition) is 0. The van der Waals surface area contributed by atoms with Gasteiger partial charge in [-0.1, -0.05) is 0 Å². The van der Waals surface area contributed by atoms with Crippen molar-refractivity contribution in [3.63, 3.8) is 0 Å². The normalized spacial score (nSPS) is 11.2. The molecule has 0 saturated carbocycles. The van der Waals surface area contributed by atoms with Crippen molar-refractivity contribution >= 4 is 117 Å². The Morgan fingerprint density at radius 2 is 0.500 bits per heavy atom. The van der Waals surface area contributed by atoms with Crippen molar-refractivity contribution in [2.75, 3.05) is 0 Å². The van der Waals surface area contributed by atoms with Crippen LogP contribution >= 0.6 is 117 Å². The van der Waals surface area contributed by atoms with Crippen LogP contribution in [0.2, 0.25) is 0 Å². The van der Waals surface area contributed by atoms with E-state index >= 15 is 0 Å². The molecule has 62 valence electrons. The molecule has 0 radical (unpaired) electrons. The predicted molar refractivity (Wildman–Crippen MR) is 84.1 cm³/mol. The van der Waals surface area contributed by atoms with Crippen molar-refractivity contribution in [3.05, 3.63) is 0 Å². The van der Waals surface area contributed by atoms with Crippen LogP contribution in [0.1, 0.15) is 0 Å². The topological polar surface area (TPSA) is 0 Å². The van der Waals surface area contributed by atoms with Crippen molar-refractivity contribution in [3.8, 4) is 0 Å². The third-order valence-corrected chi connectivity index (χ3v) is 0. The molecule has 0 aromatic rings. The van der Waals surface area contributed by atoms with E-state index in [1.165, 1.54) is 0 Å². The molecule has 0 rings (SSSR count). The Labute approximate surface area is 124 Å². The second-order valence-electron chi connectivity index (χ2n) is 0.271. The van der Waals surface area contributed by atoms with Gasteiger partial charge in [-0.05, 0) is 0 Å². The van der Waals surface area contributed by atoms with Gasteiger partial charge in [-0.15, -0.1) is 0 Å². The third-order valence-electron chi connectivity index (χ3n) is 0. The zero-order valence-electron chi connectivity index (χ0n) is 2.90. The predicted octanol–water partition coefficient (Wildman–Crippen LogP) is 5.31. The average Bonchev–Trinajstić information content (AvgIpc) is 1.25. The summed E-state index contributed by atoms with van der Waals surface area (Å²) in [5, 5.41) is 0. The van der Waals surface area contributed by atoms with Crippen molar-refractivity contribution in [2.45, 2.75) is 0 Å². The van der Waals surface area contributed by atoms with Crippen LogP contribution < -0.4 is 0 Å². The monoisotopic (exact) mass is 973 g/mol. The van der Waals surface area contributed by atoms with Gasteiger partial charge in [0.1, 0.15) is 0 Å². The van der Waals surface area contributed by atoms with E-state index in [1.54, 1.807) is 0 Å². The molecule has 0 amide bonds. The molecule has 0 atom stereocenters. The minimum atomic E-state index is -0.0733. The Bertz CT molecular complexity index is 22.0. The summed E-state index contributed by atoms with van der Waals surface area (Å²) >= 11 is 14.6. The molecule has 0 aliphatic carbocycles. The first-order valence-corrected chi connectivity index (χ1v) is 28.5. The number of rotatable bonds is 0. The Morgan fingerprint density at radius 3 is 0.500 bits per heavy atom. The molecule has 0 fully saturated rings. The molecule has 0 saturated heterocycles. The molecule has 0 N–H and O–H groups in total. The van der Waals surface area contributed by atoms with Crippen LogP contribution in [-0.4, -0.2) is 0 Å². The zero-order chi connectivity index (χ0) is 7.15. The van der Waals surface area contributed by atoms with Crippen molar-refractivity contribution < 1.29 is 11.8 Å². The second kappa shape index (κ2) is 12.7.